The van der Waals surface area contributed by atoms with Crippen LogP contribution in [0, 0.1) is 18.8 Å². The Bertz CT molecular complexity index is 596. The van der Waals surface area contributed by atoms with Crippen LogP contribution in [0.25, 0.3) is 0 Å². The lowest BCUT2D eigenvalue weighted by Gasteiger charge is -2.30. The number of Topliss-reactive ketones (excluding diaryl/α,β-unsaturated/α-hetero) is 1. The van der Waals surface area contributed by atoms with Crippen molar-refractivity contribution in [1.29, 1.82) is 0 Å². The van der Waals surface area contributed by atoms with Gasteiger partial charge in [0.2, 0.25) is 5.91 Å². The molecule has 142 valence electrons. The van der Waals surface area contributed by atoms with Crippen LogP contribution >= 0.6 is 0 Å². The first-order valence-corrected chi connectivity index (χ1v) is 10.1. The molecular weight excluding hydrogens is 326 g/mol. The van der Waals surface area contributed by atoms with Gasteiger partial charge in [-0.05, 0) is 57.6 Å². The van der Waals surface area contributed by atoms with Crippen LogP contribution in [0.5, 0.6) is 5.75 Å². The van der Waals surface area contributed by atoms with E-state index < -0.39 is 0 Å². The van der Waals surface area contributed by atoms with Crippen molar-refractivity contribution in [3.8, 4) is 5.75 Å². The van der Waals surface area contributed by atoms with E-state index in [1.165, 1.54) is 24.8 Å². The molecule has 1 N–H and O–H groups in total. The molecule has 2 fully saturated rings. The smallest absolute Gasteiger partial charge is 0.223 e. The predicted molar refractivity (Wildman–Crippen MR) is 102 cm³/mol. The lowest BCUT2D eigenvalue weighted by Crippen LogP contribution is -2.42. The van der Waals surface area contributed by atoms with Crippen LogP contribution in [0.4, 0.5) is 0 Å². The quantitative estimate of drug-likeness (QED) is 0.830. The number of nitrogens with one attached hydrogen (secondary N) is 1. The number of rotatable bonds is 6. The first-order valence-electron chi connectivity index (χ1n) is 10.1. The Kier molecular flexibility index (Phi) is 6.70. The molecule has 2 saturated carbocycles. The van der Waals surface area contributed by atoms with Gasteiger partial charge in [-0.3, -0.25) is 9.59 Å². The summed E-state index contributed by atoms with van der Waals surface area (Å²) in [4.78, 5) is 24.8. The zero-order valence-corrected chi connectivity index (χ0v) is 15.8. The van der Waals surface area contributed by atoms with Crippen molar-refractivity contribution >= 4 is 11.7 Å². The highest BCUT2D eigenvalue weighted by molar-refractivity contribution is 5.82. The van der Waals surface area contributed by atoms with E-state index in [2.05, 4.69) is 5.32 Å². The third kappa shape index (κ3) is 5.33. The van der Waals surface area contributed by atoms with Crippen molar-refractivity contribution in [2.75, 3.05) is 6.61 Å². The molecule has 0 spiro atoms. The van der Waals surface area contributed by atoms with E-state index in [1.807, 2.05) is 31.2 Å². The Morgan fingerprint density at radius 2 is 1.58 bits per heavy atom. The second-order valence-corrected chi connectivity index (χ2v) is 7.96. The standard InChI is InChI=1S/C22H31NO3/c1-16-7-13-20(14-8-16)26-15-21(24)17-9-11-19(12-10-17)23-22(25)18-5-3-2-4-6-18/h7-8,13-14,17-19H,2-6,9-12,15H2,1H3,(H,23,25). The lowest BCUT2D eigenvalue weighted by atomic mass is 9.83. The SMILES string of the molecule is Cc1ccc(OCC(=O)C2CCC(NC(=O)C3CCCCC3)CC2)cc1. The molecule has 0 aliphatic heterocycles. The predicted octanol–water partition coefficient (Wildman–Crippen LogP) is 4.20. The number of aryl methyl sites for hydroxylation is 1. The van der Waals surface area contributed by atoms with Gasteiger partial charge >= 0.3 is 0 Å². The zero-order chi connectivity index (χ0) is 18.4. The summed E-state index contributed by atoms with van der Waals surface area (Å²) in [6, 6.07) is 8.02. The molecule has 0 heterocycles. The van der Waals surface area contributed by atoms with E-state index >= 15 is 0 Å². The van der Waals surface area contributed by atoms with Crippen LogP contribution in [-0.2, 0) is 9.59 Å². The minimum absolute atomic E-state index is 0.0725. The van der Waals surface area contributed by atoms with Gasteiger partial charge < -0.3 is 10.1 Å². The molecule has 26 heavy (non-hydrogen) atoms. The number of carbonyl (C=O) groups excluding carboxylic acids is 2. The van der Waals surface area contributed by atoms with Crippen molar-refractivity contribution in [1.82, 2.24) is 5.32 Å². The van der Waals surface area contributed by atoms with Crippen molar-refractivity contribution in [3.63, 3.8) is 0 Å². The topological polar surface area (TPSA) is 55.4 Å². The Morgan fingerprint density at radius 1 is 0.923 bits per heavy atom. The summed E-state index contributed by atoms with van der Waals surface area (Å²) in [7, 11) is 0. The maximum absolute atomic E-state index is 12.4. The van der Waals surface area contributed by atoms with Crippen LogP contribution < -0.4 is 10.1 Å². The minimum Gasteiger partial charge on any atom is -0.486 e. The van der Waals surface area contributed by atoms with Gasteiger partial charge in [-0.25, -0.2) is 0 Å². The molecule has 3 rings (SSSR count). The number of ketones is 1. The Balaban J connectivity index is 1.38. The minimum atomic E-state index is 0.0725. The Morgan fingerprint density at radius 3 is 2.23 bits per heavy atom. The largest absolute Gasteiger partial charge is 0.486 e. The van der Waals surface area contributed by atoms with E-state index in [0.717, 1.165) is 44.3 Å². The van der Waals surface area contributed by atoms with Gasteiger partial charge in [-0.2, -0.15) is 0 Å². The second kappa shape index (κ2) is 9.20. The molecule has 4 nitrogen and oxygen atoms in total. The molecule has 1 amide bonds. The molecule has 0 saturated heterocycles. The van der Waals surface area contributed by atoms with Gasteiger partial charge in [0.05, 0.1) is 0 Å². The third-order valence-corrected chi connectivity index (χ3v) is 5.91. The molecule has 0 atom stereocenters. The summed E-state index contributed by atoms with van der Waals surface area (Å²) in [6.07, 6.45) is 9.21. The molecular formula is C22H31NO3. The van der Waals surface area contributed by atoms with E-state index in [9.17, 15) is 9.59 Å². The van der Waals surface area contributed by atoms with Gasteiger partial charge in [-0.15, -0.1) is 0 Å². The number of hydrogen-bond acceptors (Lipinski definition) is 3. The highest BCUT2D eigenvalue weighted by Gasteiger charge is 2.29. The number of ether oxygens (including phenoxy) is 1. The molecule has 0 unspecified atom stereocenters. The van der Waals surface area contributed by atoms with Crippen LogP contribution in [0.15, 0.2) is 24.3 Å². The number of hydrogen-bond donors (Lipinski definition) is 1. The van der Waals surface area contributed by atoms with Gasteiger partial charge in [0.1, 0.15) is 12.4 Å². The fourth-order valence-electron chi connectivity index (χ4n) is 4.15. The summed E-state index contributed by atoms with van der Waals surface area (Å²) in [5.74, 6) is 1.46. The lowest BCUT2D eigenvalue weighted by molar-refractivity contribution is -0.127. The number of carbonyl (C=O) groups is 2. The van der Waals surface area contributed by atoms with Gasteiger partial charge in [0, 0.05) is 17.9 Å². The molecule has 0 radical (unpaired) electrons. The van der Waals surface area contributed by atoms with Crippen molar-refractivity contribution < 1.29 is 14.3 Å². The molecule has 2 aliphatic carbocycles. The Labute approximate surface area is 156 Å². The van der Waals surface area contributed by atoms with Gasteiger partial charge in [0.15, 0.2) is 5.78 Å². The molecule has 1 aromatic carbocycles. The Hall–Kier alpha value is -1.84. The zero-order valence-electron chi connectivity index (χ0n) is 15.8. The molecule has 1 aromatic rings. The maximum Gasteiger partial charge on any atom is 0.223 e. The maximum atomic E-state index is 12.4. The highest BCUT2D eigenvalue weighted by Crippen LogP contribution is 2.28. The average Bonchev–Trinajstić information content (AvgIpc) is 2.68. The van der Waals surface area contributed by atoms with Gasteiger partial charge in [0.25, 0.3) is 0 Å². The third-order valence-electron chi connectivity index (χ3n) is 5.91. The highest BCUT2D eigenvalue weighted by atomic mass is 16.5. The number of amides is 1. The summed E-state index contributed by atoms with van der Waals surface area (Å²) in [5.41, 5.74) is 1.18. The fraction of sp³-hybridized carbons (Fsp3) is 0.636. The van der Waals surface area contributed by atoms with Crippen molar-refractivity contribution in [3.05, 3.63) is 29.8 Å². The molecule has 0 bridgehead atoms. The van der Waals surface area contributed by atoms with Crippen LogP contribution in [-0.4, -0.2) is 24.3 Å². The summed E-state index contributed by atoms with van der Waals surface area (Å²) in [5, 5.41) is 3.23. The molecule has 0 aromatic heterocycles. The van der Waals surface area contributed by atoms with E-state index in [-0.39, 0.29) is 36.2 Å². The van der Waals surface area contributed by atoms with E-state index in [4.69, 9.17) is 4.74 Å². The van der Waals surface area contributed by atoms with Crippen LogP contribution in [0.3, 0.4) is 0 Å². The van der Waals surface area contributed by atoms with E-state index in [1.54, 1.807) is 0 Å². The van der Waals surface area contributed by atoms with Crippen molar-refractivity contribution in [2.24, 2.45) is 11.8 Å². The van der Waals surface area contributed by atoms with Gasteiger partial charge in [-0.1, -0.05) is 37.0 Å². The van der Waals surface area contributed by atoms with E-state index in [0.29, 0.717) is 0 Å². The molecule has 2 aliphatic rings. The summed E-state index contributed by atoms with van der Waals surface area (Å²) in [6.45, 7) is 2.17. The molecule has 4 heteroatoms. The number of benzene rings is 1. The fourth-order valence-corrected chi connectivity index (χ4v) is 4.15. The van der Waals surface area contributed by atoms with Crippen LogP contribution in [0.1, 0.15) is 63.4 Å². The van der Waals surface area contributed by atoms with Crippen molar-refractivity contribution in [2.45, 2.75) is 70.8 Å². The normalized spacial score (nSPS) is 24.0. The average molecular weight is 357 g/mol. The first kappa shape index (κ1) is 18.9. The summed E-state index contributed by atoms with van der Waals surface area (Å²) >= 11 is 0. The first-order chi connectivity index (χ1) is 12.6. The summed E-state index contributed by atoms with van der Waals surface area (Å²) < 4.78 is 5.63. The second-order valence-electron chi connectivity index (χ2n) is 7.96. The monoisotopic (exact) mass is 357 g/mol. The van der Waals surface area contributed by atoms with Crippen LogP contribution in [0.2, 0.25) is 0 Å².